The number of carbonyl (C=O) groups is 1. The molecule has 1 aromatic carbocycles. The molecule has 1 aliphatic heterocycles. The molecule has 1 fully saturated rings. The molecule has 140 valence electrons. The minimum atomic E-state index is 0.0235. The molecule has 1 saturated heterocycles. The van der Waals surface area contributed by atoms with Gasteiger partial charge >= 0.3 is 6.03 Å². The second-order valence-corrected chi connectivity index (χ2v) is 7.42. The summed E-state index contributed by atoms with van der Waals surface area (Å²) >= 11 is 0. The van der Waals surface area contributed by atoms with Gasteiger partial charge in [0.25, 0.3) is 0 Å². The van der Waals surface area contributed by atoms with Crippen molar-refractivity contribution in [3.63, 3.8) is 0 Å². The number of unbranched alkanes of at least 4 members (excludes halogenated alkanes) is 1. The monoisotopic (exact) mass is 346 g/mol. The van der Waals surface area contributed by atoms with Gasteiger partial charge in [0.15, 0.2) is 0 Å². The predicted molar refractivity (Wildman–Crippen MR) is 106 cm³/mol. The van der Waals surface area contributed by atoms with Gasteiger partial charge in [-0.3, -0.25) is 0 Å². The van der Waals surface area contributed by atoms with E-state index in [2.05, 4.69) is 24.2 Å². The van der Waals surface area contributed by atoms with Crippen LogP contribution in [-0.2, 0) is 0 Å². The molecule has 1 aromatic rings. The zero-order valence-corrected chi connectivity index (χ0v) is 16.3. The summed E-state index contributed by atoms with van der Waals surface area (Å²) in [6, 6.07) is 7.99. The average molecular weight is 347 g/mol. The lowest BCUT2D eigenvalue weighted by Gasteiger charge is -2.34. The quantitative estimate of drug-likeness (QED) is 0.818. The Morgan fingerprint density at radius 3 is 2.36 bits per heavy atom. The van der Waals surface area contributed by atoms with Crippen molar-refractivity contribution in [3.05, 3.63) is 24.3 Å². The third-order valence-electron chi connectivity index (χ3n) is 5.00. The van der Waals surface area contributed by atoms with Gasteiger partial charge < -0.3 is 20.0 Å². The lowest BCUT2D eigenvalue weighted by atomic mass is 9.96. The van der Waals surface area contributed by atoms with Crippen LogP contribution in [0.4, 0.5) is 16.2 Å². The van der Waals surface area contributed by atoms with Gasteiger partial charge in [-0.25, -0.2) is 4.79 Å². The number of anilines is 2. The molecular formula is C20H34N4O. The Labute approximate surface area is 153 Å². The number of nitrogens with zero attached hydrogens (tertiary/aromatic N) is 3. The van der Waals surface area contributed by atoms with Crippen molar-refractivity contribution in [2.75, 3.05) is 57.5 Å². The van der Waals surface area contributed by atoms with E-state index < -0.39 is 0 Å². The van der Waals surface area contributed by atoms with Gasteiger partial charge in [-0.05, 0) is 63.0 Å². The number of urea groups is 1. The first kappa shape index (κ1) is 19.6. The molecule has 0 aromatic heterocycles. The Morgan fingerprint density at radius 2 is 1.80 bits per heavy atom. The molecule has 2 amide bonds. The van der Waals surface area contributed by atoms with Crippen molar-refractivity contribution >= 4 is 17.4 Å². The normalized spacial score (nSPS) is 15.5. The molecule has 1 aliphatic rings. The van der Waals surface area contributed by atoms with E-state index in [1.54, 1.807) is 0 Å². The molecule has 0 atom stereocenters. The Morgan fingerprint density at radius 1 is 1.16 bits per heavy atom. The molecule has 25 heavy (non-hydrogen) atoms. The van der Waals surface area contributed by atoms with Crippen LogP contribution in [0.3, 0.4) is 0 Å². The number of hydrogen-bond donors (Lipinski definition) is 1. The highest BCUT2D eigenvalue weighted by Crippen LogP contribution is 2.20. The lowest BCUT2D eigenvalue weighted by Crippen LogP contribution is -2.43. The summed E-state index contributed by atoms with van der Waals surface area (Å²) in [6.07, 6.45) is 4.72. The SMILES string of the molecule is CCCCN(C)CC1CCN(C(=O)Nc2ccc(N(C)C)cc2)CC1. The highest BCUT2D eigenvalue weighted by atomic mass is 16.2. The van der Waals surface area contributed by atoms with Crippen molar-refractivity contribution in [1.82, 2.24) is 9.80 Å². The maximum Gasteiger partial charge on any atom is 0.321 e. The fourth-order valence-corrected chi connectivity index (χ4v) is 3.32. The lowest BCUT2D eigenvalue weighted by molar-refractivity contribution is 0.163. The third kappa shape index (κ3) is 6.24. The van der Waals surface area contributed by atoms with Crippen LogP contribution < -0.4 is 10.2 Å². The predicted octanol–water partition coefficient (Wildman–Crippen LogP) is 3.73. The van der Waals surface area contributed by atoms with Crippen LogP contribution >= 0.6 is 0 Å². The fourth-order valence-electron chi connectivity index (χ4n) is 3.32. The molecule has 5 nitrogen and oxygen atoms in total. The third-order valence-corrected chi connectivity index (χ3v) is 5.00. The van der Waals surface area contributed by atoms with Gasteiger partial charge in [-0.15, -0.1) is 0 Å². The maximum absolute atomic E-state index is 12.5. The van der Waals surface area contributed by atoms with Crippen LogP contribution in [-0.4, -0.2) is 63.2 Å². The summed E-state index contributed by atoms with van der Waals surface area (Å²) in [6.45, 7) is 6.28. The fraction of sp³-hybridized carbons (Fsp3) is 0.650. The first-order chi connectivity index (χ1) is 12.0. The second kappa shape index (κ2) is 9.66. The molecule has 0 radical (unpaired) electrons. The van der Waals surface area contributed by atoms with E-state index in [0.29, 0.717) is 5.92 Å². The second-order valence-electron chi connectivity index (χ2n) is 7.42. The topological polar surface area (TPSA) is 38.8 Å². The zero-order chi connectivity index (χ0) is 18.2. The minimum Gasteiger partial charge on any atom is -0.378 e. The Hall–Kier alpha value is -1.75. The van der Waals surface area contributed by atoms with Crippen LogP contribution in [0.15, 0.2) is 24.3 Å². The van der Waals surface area contributed by atoms with E-state index >= 15 is 0 Å². The van der Waals surface area contributed by atoms with Crippen LogP contribution in [0, 0.1) is 5.92 Å². The number of rotatable bonds is 7. The smallest absolute Gasteiger partial charge is 0.321 e. The molecule has 0 saturated carbocycles. The minimum absolute atomic E-state index is 0.0235. The van der Waals surface area contributed by atoms with E-state index in [9.17, 15) is 4.79 Å². The average Bonchev–Trinajstić information content (AvgIpc) is 2.61. The molecule has 2 rings (SSSR count). The summed E-state index contributed by atoms with van der Waals surface area (Å²) in [4.78, 5) is 18.9. The molecule has 0 unspecified atom stereocenters. The molecule has 0 spiro atoms. The van der Waals surface area contributed by atoms with Crippen LogP contribution in [0.25, 0.3) is 0 Å². The molecular weight excluding hydrogens is 312 g/mol. The number of piperidine rings is 1. The number of carbonyl (C=O) groups excluding carboxylic acids is 1. The molecule has 0 aliphatic carbocycles. The first-order valence-electron chi connectivity index (χ1n) is 9.51. The Kier molecular flexibility index (Phi) is 7.56. The van der Waals surface area contributed by atoms with E-state index in [0.717, 1.165) is 43.9 Å². The number of nitrogens with one attached hydrogen (secondary N) is 1. The van der Waals surface area contributed by atoms with Gasteiger partial charge in [0, 0.05) is 45.1 Å². The molecule has 1 heterocycles. The van der Waals surface area contributed by atoms with Gasteiger partial charge in [0.05, 0.1) is 0 Å². The standard InChI is InChI=1S/C20H34N4O/c1-5-6-13-23(4)16-17-11-14-24(15-12-17)20(25)21-18-7-9-19(10-8-18)22(2)3/h7-10,17H,5-6,11-16H2,1-4H3,(H,21,25). The van der Waals surface area contributed by atoms with E-state index in [1.807, 2.05) is 48.2 Å². The van der Waals surface area contributed by atoms with E-state index in [-0.39, 0.29) is 6.03 Å². The summed E-state index contributed by atoms with van der Waals surface area (Å²) in [5, 5.41) is 3.02. The highest BCUT2D eigenvalue weighted by Gasteiger charge is 2.23. The summed E-state index contributed by atoms with van der Waals surface area (Å²) < 4.78 is 0. The van der Waals surface area contributed by atoms with E-state index in [1.165, 1.54) is 19.4 Å². The van der Waals surface area contributed by atoms with Gasteiger partial charge in [0.2, 0.25) is 0 Å². The Balaban J connectivity index is 1.75. The summed E-state index contributed by atoms with van der Waals surface area (Å²) in [5.74, 6) is 0.713. The maximum atomic E-state index is 12.5. The van der Waals surface area contributed by atoms with E-state index in [4.69, 9.17) is 0 Å². The number of likely N-dealkylation sites (tertiary alicyclic amines) is 1. The van der Waals surface area contributed by atoms with Crippen molar-refractivity contribution in [3.8, 4) is 0 Å². The first-order valence-corrected chi connectivity index (χ1v) is 9.51. The van der Waals surface area contributed by atoms with Gasteiger partial charge in [-0.2, -0.15) is 0 Å². The Bertz CT molecular complexity index is 521. The van der Waals surface area contributed by atoms with Crippen molar-refractivity contribution in [1.29, 1.82) is 0 Å². The molecule has 0 bridgehead atoms. The number of benzene rings is 1. The highest BCUT2D eigenvalue weighted by molar-refractivity contribution is 5.89. The zero-order valence-electron chi connectivity index (χ0n) is 16.3. The molecule has 1 N–H and O–H groups in total. The van der Waals surface area contributed by atoms with Crippen molar-refractivity contribution in [2.45, 2.75) is 32.6 Å². The van der Waals surface area contributed by atoms with Gasteiger partial charge in [-0.1, -0.05) is 13.3 Å². The summed E-state index contributed by atoms with van der Waals surface area (Å²) in [7, 11) is 6.24. The van der Waals surface area contributed by atoms with Crippen LogP contribution in [0.2, 0.25) is 0 Å². The van der Waals surface area contributed by atoms with Crippen molar-refractivity contribution in [2.24, 2.45) is 5.92 Å². The van der Waals surface area contributed by atoms with Gasteiger partial charge in [0.1, 0.15) is 0 Å². The number of hydrogen-bond acceptors (Lipinski definition) is 3. The van der Waals surface area contributed by atoms with Crippen molar-refractivity contribution < 1.29 is 4.79 Å². The van der Waals surface area contributed by atoms with Crippen LogP contribution in [0.1, 0.15) is 32.6 Å². The summed E-state index contributed by atoms with van der Waals surface area (Å²) in [5.41, 5.74) is 1.99. The molecule has 5 heteroatoms. The number of amides is 2. The largest absolute Gasteiger partial charge is 0.378 e. The van der Waals surface area contributed by atoms with Crippen LogP contribution in [0.5, 0.6) is 0 Å².